The molecule has 0 bridgehead atoms. The molecule has 2 rings (SSSR count). The van der Waals surface area contributed by atoms with Gasteiger partial charge in [0.05, 0.1) is 0 Å². The first kappa shape index (κ1) is 13.1. The van der Waals surface area contributed by atoms with Crippen LogP contribution in [0.15, 0.2) is 17.2 Å². The molecular weight excluding hydrogens is 228 g/mol. The van der Waals surface area contributed by atoms with E-state index in [1.807, 2.05) is 0 Å². The Morgan fingerprint density at radius 2 is 2.33 bits per heavy atom. The zero-order valence-electron chi connectivity index (χ0n) is 11.4. The maximum atomic E-state index is 11.8. The Labute approximate surface area is 108 Å². The van der Waals surface area contributed by atoms with E-state index in [-0.39, 0.29) is 5.56 Å². The zero-order chi connectivity index (χ0) is 13.1. The molecule has 1 atom stereocenters. The van der Waals surface area contributed by atoms with Gasteiger partial charge in [0, 0.05) is 38.6 Å². The van der Waals surface area contributed by atoms with Crippen LogP contribution < -0.4 is 10.9 Å². The third-order valence-corrected chi connectivity index (χ3v) is 3.62. The normalized spacial score (nSPS) is 20.6. The molecule has 1 aliphatic rings. The minimum Gasteiger partial charge on any atom is -0.365 e. The molecule has 5 heteroatoms. The van der Waals surface area contributed by atoms with Crippen LogP contribution in [0.3, 0.4) is 0 Å². The van der Waals surface area contributed by atoms with E-state index in [0.29, 0.717) is 17.8 Å². The molecular formula is C13H22N4O. The Balaban J connectivity index is 1.89. The molecule has 0 saturated carbocycles. The van der Waals surface area contributed by atoms with E-state index in [1.165, 1.54) is 6.42 Å². The minimum atomic E-state index is -0.0591. The number of hydrogen-bond acceptors (Lipinski definition) is 4. The van der Waals surface area contributed by atoms with Gasteiger partial charge in [-0.1, -0.05) is 0 Å². The van der Waals surface area contributed by atoms with Crippen molar-refractivity contribution in [2.75, 3.05) is 25.0 Å². The van der Waals surface area contributed by atoms with E-state index in [9.17, 15) is 4.79 Å². The number of aryl methyl sites for hydroxylation is 1. The van der Waals surface area contributed by atoms with Crippen molar-refractivity contribution in [3.8, 4) is 0 Å². The minimum absolute atomic E-state index is 0.0591. The summed E-state index contributed by atoms with van der Waals surface area (Å²) in [5.74, 6) is 1.07. The van der Waals surface area contributed by atoms with Crippen molar-refractivity contribution in [2.45, 2.75) is 26.3 Å². The van der Waals surface area contributed by atoms with Crippen LogP contribution in [-0.4, -0.2) is 40.1 Å². The topological polar surface area (TPSA) is 50.2 Å². The second-order valence-electron chi connectivity index (χ2n) is 5.32. The quantitative estimate of drug-likeness (QED) is 0.863. The summed E-state index contributed by atoms with van der Waals surface area (Å²) in [6.07, 6.45) is 4.51. The Bertz CT molecular complexity index is 455. The molecule has 2 heterocycles. The molecule has 1 aromatic heterocycles. The predicted molar refractivity (Wildman–Crippen MR) is 72.8 cm³/mol. The monoisotopic (exact) mass is 250 g/mol. The Hall–Kier alpha value is -1.36. The third-order valence-electron chi connectivity index (χ3n) is 3.62. The summed E-state index contributed by atoms with van der Waals surface area (Å²) in [7, 11) is 1.74. The van der Waals surface area contributed by atoms with Gasteiger partial charge in [-0.15, -0.1) is 0 Å². The van der Waals surface area contributed by atoms with Gasteiger partial charge in [-0.05, 0) is 32.7 Å². The van der Waals surface area contributed by atoms with Crippen molar-refractivity contribution in [1.82, 2.24) is 14.5 Å². The predicted octanol–water partition coefficient (Wildman–Crippen LogP) is 0.922. The molecule has 0 amide bonds. The van der Waals surface area contributed by atoms with Crippen LogP contribution in [0.1, 0.15) is 20.3 Å². The van der Waals surface area contributed by atoms with Gasteiger partial charge in [-0.3, -0.25) is 4.79 Å². The summed E-state index contributed by atoms with van der Waals surface area (Å²) in [6.45, 7) is 7.55. The molecule has 1 fully saturated rings. The number of hydrogen-bond donors (Lipinski definition) is 1. The SMILES string of the molecule is CC(C)N1CCC(CNc2nccn(C)c2=O)C1. The fraction of sp³-hybridized carbons (Fsp3) is 0.692. The van der Waals surface area contributed by atoms with Gasteiger partial charge in [-0.25, -0.2) is 4.98 Å². The summed E-state index contributed by atoms with van der Waals surface area (Å²) in [5, 5.41) is 3.18. The smallest absolute Gasteiger partial charge is 0.293 e. The summed E-state index contributed by atoms with van der Waals surface area (Å²) >= 11 is 0. The van der Waals surface area contributed by atoms with Crippen molar-refractivity contribution in [3.63, 3.8) is 0 Å². The van der Waals surface area contributed by atoms with Gasteiger partial charge in [0.2, 0.25) is 0 Å². The molecule has 1 aromatic rings. The largest absolute Gasteiger partial charge is 0.365 e. The first-order valence-electron chi connectivity index (χ1n) is 6.57. The average Bonchev–Trinajstić information content (AvgIpc) is 2.80. The molecule has 100 valence electrons. The molecule has 1 unspecified atom stereocenters. The van der Waals surface area contributed by atoms with E-state index in [4.69, 9.17) is 0 Å². The molecule has 1 aliphatic heterocycles. The fourth-order valence-electron chi connectivity index (χ4n) is 2.36. The average molecular weight is 250 g/mol. The number of aromatic nitrogens is 2. The van der Waals surface area contributed by atoms with Gasteiger partial charge < -0.3 is 14.8 Å². The second-order valence-corrected chi connectivity index (χ2v) is 5.32. The van der Waals surface area contributed by atoms with Crippen molar-refractivity contribution >= 4 is 5.82 Å². The number of nitrogens with zero attached hydrogens (tertiary/aromatic N) is 3. The first-order valence-corrected chi connectivity index (χ1v) is 6.57. The zero-order valence-corrected chi connectivity index (χ0v) is 11.4. The molecule has 0 spiro atoms. The lowest BCUT2D eigenvalue weighted by molar-refractivity contribution is 0.266. The Morgan fingerprint density at radius 3 is 3.00 bits per heavy atom. The van der Waals surface area contributed by atoms with Crippen molar-refractivity contribution in [2.24, 2.45) is 13.0 Å². The van der Waals surface area contributed by atoms with Crippen LogP contribution in [0.25, 0.3) is 0 Å². The van der Waals surface area contributed by atoms with E-state index in [1.54, 1.807) is 24.0 Å². The van der Waals surface area contributed by atoms with Crippen LogP contribution in [0.4, 0.5) is 5.82 Å². The number of rotatable bonds is 4. The van der Waals surface area contributed by atoms with Crippen LogP contribution in [0.2, 0.25) is 0 Å². The summed E-state index contributed by atoms with van der Waals surface area (Å²) in [5.41, 5.74) is -0.0591. The number of likely N-dealkylation sites (tertiary alicyclic amines) is 1. The number of anilines is 1. The first-order chi connectivity index (χ1) is 8.58. The summed E-state index contributed by atoms with van der Waals surface area (Å²) < 4.78 is 1.55. The highest BCUT2D eigenvalue weighted by atomic mass is 16.1. The highest BCUT2D eigenvalue weighted by Gasteiger charge is 2.24. The maximum Gasteiger partial charge on any atom is 0.293 e. The third kappa shape index (κ3) is 2.90. The van der Waals surface area contributed by atoms with E-state index in [0.717, 1.165) is 19.6 Å². The van der Waals surface area contributed by atoms with E-state index in [2.05, 4.69) is 29.0 Å². The lowest BCUT2D eigenvalue weighted by Crippen LogP contribution is -2.30. The standard InChI is InChI=1S/C13H22N4O/c1-10(2)17-6-4-11(9-17)8-15-12-13(18)16(3)7-5-14-12/h5,7,10-11H,4,6,8-9H2,1-3H3,(H,14,15). The lowest BCUT2D eigenvalue weighted by atomic mass is 10.1. The van der Waals surface area contributed by atoms with Gasteiger partial charge in [0.15, 0.2) is 5.82 Å². The van der Waals surface area contributed by atoms with Crippen molar-refractivity contribution in [1.29, 1.82) is 0 Å². The van der Waals surface area contributed by atoms with Crippen LogP contribution >= 0.6 is 0 Å². The maximum absolute atomic E-state index is 11.8. The van der Waals surface area contributed by atoms with Crippen LogP contribution in [0.5, 0.6) is 0 Å². The van der Waals surface area contributed by atoms with E-state index >= 15 is 0 Å². The van der Waals surface area contributed by atoms with Gasteiger partial charge in [0.1, 0.15) is 0 Å². The molecule has 0 aromatic carbocycles. The van der Waals surface area contributed by atoms with Gasteiger partial charge in [-0.2, -0.15) is 0 Å². The Morgan fingerprint density at radius 1 is 1.56 bits per heavy atom. The second kappa shape index (κ2) is 5.52. The highest BCUT2D eigenvalue weighted by Crippen LogP contribution is 2.18. The van der Waals surface area contributed by atoms with E-state index < -0.39 is 0 Å². The molecule has 18 heavy (non-hydrogen) atoms. The fourth-order valence-corrected chi connectivity index (χ4v) is 2.36. The Kier molecular flexibility index (Phi) is 4.01. The molecule has 1 saturated heterocycles. The molecule has 1 N–H and O–H groups in total. The molecule has 5 nitrogen and oxygen atoms in total. The lowest BCUT2D eigenvalue weighted by Gasteiger charge is -2.20. The number of nitrogens with one attached hydrogen (secondary N) is 1. The summed E-state index contributed by atoms with van der Waals surface area (Å²) in [6, 6.07) is 0.609. The summed E-state index contributed by atoms with van der Waals surface area (Å²) in [4.78, 5) is 18.3. The van der Waals surface area contributed by atoms with Crippen molar-refractivity contribution < 1.29 is 0 Å². The van der Waals surface area contributed by atoms with Crippen molar-refractivity contribution in [3.05, 3.63) is 22.7 Å². The highest BCUT2D eigenvalue weighted by molar-refractivity contribution is 5.30. The van der Waals surface area contributed by atoms with Crippen LogP contribution in [0, 0.1) is 5.92 Å². The molecule has 0 radical (unpaired) electrons. The van der Waals surface area contributed by atoms with Gasteiger partial charge >= 0.3 is 0 Å². The van der Waals surface area contributed by atoms with Gasteiger partial charge in [0.25, 0.3) is 5.56 Å². The molecule has 0 aliphatic carbocycles. The van der Waals surface area contributed by atoms with Crippen LogP contribution in [-0.2, 0) is 7.05 Å².